The molecule has 0 bridgehead atoms. The molecule has 1 aromatic rings. The summed E-state index contributed by atoms with van der Waals surface area (Å²) in [5.74, 6) is 0.270. The average Bonchev–Trinajstić information content (AvgIpc) is 2.37. The van der Waals surface area contributed by atoms with Crippen molar-refractivity contribution in [2.75, 3.05) is 13.2 Å². The number of esters is 1. The Balaban J connectivity index is 2.60. The van der Waals surface area contributed by atoms with E-state index in [0.717, 1.165) is 12.2 Å². The Morgan fingerprint density at radius 3 is 2.72 bits per heavy atom. The Hall–Kier alpha value is -1.55. The summed E-state index contributed by atoms with van der Waals surface area (Å²) in [6.07, 6.45) is 0.939. The first kappa shape index (κ1) is 14.5. The predicted octanol–water partition coefficient (Wildman–Crippen LogP) is 1.91. The lowest BCUT2D eigenvalue weighted by molar-refractivity contribution is -0.150. The summed E-state index contributed by atoms with van der Waals surface area (Å²) < 4.78 is 10.5. The molecule has 1 rings (SSSR count). The van der Waals surface area contributed by atoms with Crippen LogP contribution in [0.15, 0.2) is 24.3 Å². The lowest BCUT2D eigenvalue weighted by Crippen LogP contribution is -2.51. The molecule has 2 N–H and O–H groups in total. The van der Waals surface area contributed by atoms with Crippen LogP contribution in [0.4, 0.5) is 0 Å². The van der Waals surface area contributed by atoms with E-state index in [1.807, 2.05) is 24.3 Å². The minimum Gasteiger partial charge on any atom is -0.491 e. The van der Waals surface area contributed by atoms with Crippen molar-refractivity contribution < 1.29 is 14.3 Å². The van der Waals surface area contributed by atoms with Gasteiger partial charge in [0.15, 0.2) is 0 Å². The van der Waals surface area contributed by atoms with Crippen LogP contribution in [0.3, 0.4) is 0 Å². The lowest BCUT2D eigenvalue weighted by atomic mass is 10.1. The summed E-state index contributed by atoms with van der Waals surface area (Å²) in [5.41, 5.74) is 5.92. The molecular formula is C14H21NO3. The average molecular weight is 251 g/mol. The van der Waals surface area contributed by atoms with Crippen LogP contribution in [-0.2, 0) is 16.0 Å². The van der Waals surface area contributed by atoms with Gasteiger partial charge in [0.05, 0.1) is 6.61 Å². The molecule has 1 aromatic carbocycles. The Kier molecular flexibility index (Phi) is 5.16. The molecule has 4 heteroatoms. The molecule has 0 aromatic heterocycles. The monoisotopic (exact) mass is 251 g/mol. The number of carbonyl (C=O) groups is 1. The van der Waals surface area contributed by atoms with Crippen molar-refractivity contribution in [2.45, 2.75) is 32.7 Å². The van der Waals surface area contributed by atoms with E-state index < -0.39 is 11.5 Å². The quantitative estimate of drug-likeness (QED) is 0.784. The number of nitrogens with two attached hydrogens (primary N) is 1. The fourth-order valence-corrected chi connectivity index (χ4v) is 1.44. The van der Waals surface area contributed by atoms with Gasteiger partial charge >= 0.3 is 5.97 Å². The normalized spacial score (nSPS) is 13.8. The van der Waals surface area contributed by atoms with Gasteiger partial charge in [-0.3, -0.25) is 0 Å². The summed E-state index contributed by atoms with van der Waals surface area (Å²) in [4.78, 5) is 11.6. The summed E-state index contributed by atoms with van der Waals surface area (Å²) >= 11 is 0. The number of carbonyl (C=O) groups excluding carboxylic acids is 1. The second-order valence-electron chi connectivity index (χ2n) is 4.43. The summed E-state index contributed by atoms with van der Waals surface area (Å²) in [7, 11) is 0. The minimum atomic E-state index is -1.13. The third-order valence-corrected chi connectivity index (χ3v) is 2.59. The van der Waals surface area contributed by atoms with Crippen molar-refractivity contribution in [3.8, 4) is 5.75 Å². The van der Waals surface area contributed by atoms with Gasteiger partial charge in [-0.25, -0.2) is 4.79 Å². The molecule has 1 atom stereocenters. The van der Waals surface area contributed by atoms with Crippen molar-refractivity contribution in [3.05, 3.63) is 29.8 Å². The van der Waals surface area contributed by atoms with Crippen LogP contribution < -0.4 is 10.5 Å². The van der Waals surface area contributed by atoms with E-state index >= 15 is 0 Å². The molecule has 100 valence electrons. The van der Waals surface area contributed by atoms with Crippen molar-refractivity contribution >= 4 is 5.97 Å². The molecule has 0 aliphatic carbocycles. The zero-order valence-electron chi connectivity index (χ0n) is 11.2. The molecule has 4 nitrogen and oxygen atoms in total. The molecular weight excluding hydrogens is 230 g/mol. The number of hydrogen-bond acceptors (Lipinski definition) is 4. The molecule has 1 unspecified atom stereocenters. The maximum absolute atomic E-state index is 11.6. The van der Waals surface area contributed by atoms with Gasteiger partial charge in [0.25, 0.3) is 0 Å². The van der Waals surface area contributed by atoms with Crippen LogP contribution in [0, 0.1) is 0 Å². The molecule has 0 aliphatic rings. The van der Waals surface area contributed by atoms with E-state index in [9.17, 15) is 4.79 Å². The first-order valence-corrected chi connectivity index (χ1v) is 6.17. The highest BCUT2D eigenvalue weighted by atomic mass is 16.5. The smallest absolute Gasteiger partial charge is 0.329 e. The van der Waals surface area contributed by atoms with Gasteiger partial charge in [-0.05, 0) is 38.0 Å². The minimum absolute atomic E-state index is 0.0962. The van der Waals surface area contributed by atoms with Gasteiger partial charge in [0.2, 0.25) is 0 Å². The molecule has 0 radical (unpaired) electrons. The van der Waals surface area contributed by atoms with Gasteiger partial charge in [-0.2, -0.15) is 0 Å². The van der Waals surface area contributed by atoms with Gasteiger partial charge in [0, 0.05) is 0 Å². The number of aryl methyl sites for hydroxylation is 1. The lowest BCUT2D eigenvalue weighted by Gasteiger charge is -2.22. The van der Waals surface area contributed by atoms with Crippen LogP contribution in [0.1, 0.15) is 26.3 Å². The van der Waals surface area contributed by atoms with Gasteiger partial charge in [-0.1, -0.05) is 19.1 Å². The predicted molar refractivity (Wildman–Crippen MR) is 70.5 cm³/mol. The number of rotatable bonds is 6. The van der Waals surface area contributed by atoms with Crippen molar-refractivity contribution in [2.24, 2.45) is 5.73 Å². The Labute approximate surface area is 108 Å². The molecule has 18 heavy (non-hydrogen) atoms. The summed E-state index contributed by atoms with van der Waals surface area (Å²) in [6, 6.07) is 7.74. The fraction of sp³-hybridized carbons (Fsp3) is 0.500. The highest BCUT2D eigenvalue weighted by molar-refractivity contribution is 5.80. The molecule has 0 saturated heterocycles. The van der Waals surface area contributed by atoms with Crippen LogP contribution in [0.5, 0.6) is 5.75 Å². The molecule has 0 heterocycles. The second kappa shape index (κ2) is 6.40. The van der Waals surface area contributed by atoms with Gasteiger partial charge < -0.3 is 15.2 Å². The van der Waals surface area contributed by atoms with E-state index in [0.29, 0.717) is 6.61 Å². The van der Waals surface area contributed by atoms with Crippen molar-refractivity contribution in [3.63, 3.8) is 0 Å². The van der Waals surface area contributed by atoms with Crippen molar-refractivity contribution in [1.82, 2.24) is 0 Å². The van der Waals surface area contributed by atoms with Gasteiger partial charge in [0.1, 0.15) is 17.9 Å². The summed E-state index contributed by atoms with van der Waals surface area (Å²) in [6.45, 7) is 5.84. The standard InChI is InChI=1S/C14H21NO3/c1-4-11-7-6-8-12(9-11)18-10-14(3,15)13(16)17-5-2/h6-9H,4-5,10,15H2,1-3H3. The third-order valence-electron chi connectivity index (χ3n) is 2.59. The second-order valence-corrected chi connectivity index (χ2v) is 4.43. The van der Waals surface area contributed by atoms with Gasteiger partial charge in [-0.15, -0.1) is 0 Å². The third kappa shape index (κ3) is 4.04. The first-order valence-electron chi connectivity index (χ1n) is 6.17. The Bertz CT molecular complexity index is 402. The van der Waals surface area contributed by atoms with E-state index in [1.165, 1.54) is 5.56 Å². The van der Waals surface area contributed by atoms with E-state index in [4.69, 9.17) is 15.2 Å². The number of hydrogen-bond donors (Lipinski definition) is 1. The number of benzene rings is 1. The van der Waals surface area contributed by atoms with Crippen LogP contribution in [0.25, 0.3) is 0 Å². The van der Waals surface area contributed by atoms with Crippen molar-refractivity contribution in [1.29, 1.82) is 0 Å². The van der Waals surface area contributed by atoms with Crippen LogP contribution in [0.2, 0.25) is 0 Å². The molecule has 0 aliphatic heterocycles. The maximum atomic E-state index is 11.6. The molecule has 0 saturated carbocycles. The maximum Gasteiger partial charge on any atom is 0.329 e. The SMILES string of the molecule is CCOC(=O)C(C)(N)COc1cccc(CC)c1. The zero-order valence-corrected chi connectivity index (χ0v) is 11.2. The summed E-state index contributed by atoms with van der Waals surface area (Å²) in [5, 5.41) is 0. The fourth-order valence-electron chi connectivity index (χ4n) is 1.44. The largest absolute Gasteiger partial charge is 0.491 e. The Morgan fingerprint density at radius 2 is 2.11 bits per heavy atom. The van der Waals surface area contributed by atoms with E-state index in [-0.39, 0.29) is 6.61 Å². The molecule has 0 spiro atoms. The van der Waals surface area contributed by atoms with E-state index in [1.54, 1.807) is 13.8 Å². The Morgan fingerprint density at radius 1 is 1.39 bits per heavy atom. The highest BCUT2D eigenvalue weighted by Crippen LogP contribution is 2.15. The first-order chi connectivity index (χ1) is 8.49. The van der Waals surface area contributed by atoms with Crippen LogP contribution >= 0.6 is 0 Å². The zero-order chi connectivity index (χ0) is 13.6. The van der Waals surface area contributed by atoms with Crippen LogP contribution in [-0.4, -0.2) is 24.7 Å². The molecule has 0 fully saturated rings. The highest BCUT2D eigenvalue weighted by Gasteiger charge is 2.31. The number of ether oxygens (including phenoxy) is 2. The van der Waals surface area contributed by atoms with E-state index in [2.05, 4.69) is 6.92 Å². The topological polar surface area (TPSA) is 61.5 Å². The molecule has 0 amide bonds.